The van der Waals surface area contributed by atoms with Crippen LogP contribution in [0.4, 0.5) is 0 Å². The molecule has 1 amide bonds. The second kappa shape index (κ2) is 11.5. The standard InChI is InChI=1S/C25H33N5O2S/c1-3-28(4-2)19-20-9-11-21(12-10-20)25(31)30-16-14-29(15-17-30)13-5-8-23-26-24(27-32-23)22-7-6-18-33-22/h6-7,9-12,18H,3-5,8,13-17,19H2,1-2H3. The van der Waals surface area contributed by atoms with Crippen molar-refractivity contribution in [3.8, 4) is 10.7 Å². The van der Waals surface area contributed by atoms with Gasteiger partial charge in [0.2, 0.25) is 11.7 Å². The highest BCUT2D eigenvalue weighted by Gasteiger charge is 2.22. The highest BCUT2D eigenvalue weighted by atomic mass is 32.1. The Hall–Kier alpha value is -2.55. The van der Waals surface area contributed by atoms with Crippen LogP contribution in [0.15, 0.2) is 46.3 Å². The molecule has 0 unspecified atom stereocenters. The maximum atomic E-state index is 12.9. The average Bonchev–Trinajstić information content (AvgIpc) is 3.55. The number of benzene rings is 1. The molecule has 1 aliphatic heterocycles. The number of rotatable bonds is 10. The molecule has 0 bridgehead atoms. The van der Waals surface area contributed by atoms with Crippen LogP contribution in [0.2, 0.25) is 0 Å². The molecule has 7 nitrogen and oxygen atoms in total. The van der Waals surface area contributed by atoms with Crippen LogP contribution in [0, 0.1) is 0 Å². The van der Waals surface area contributed by atoms with E-state index in [2.05, 4.69) is 45.9 Å². The van der Waals surface area contributed by atoms with Crippen LogP contribution >= 0.6 is 11.3 Å². The Balaban J connectivity index is 1.19. The molecule has 3 heterocycles. The molecule has 0 N–H and O–H groups in total. The van der Waals surface area contributed by atoms with Gasteiger partial charge >= 0.3 is 0 Å². The molecule has 0 atom stereocenters. The summed E-state index contributed by atoms with van der Waals surface area (Å²) in [6, 6.07) is 12.1. The Labute approximate surface area is 200 Å². The van der Waals surface area contributed by atoms with Crippen LogP contribution in [0.25, 0.3) is 10.7 Å². The summed E-state index contributed by atoms with van der Waals surface area (Å²) in [5, 5.41) is 6.09. The number of carbonyl (C=O) groups is 1. The van der Waals surface area contributed by atoms with Crippen molar-refractivity contribution >= 4 is 17.2 Å². The minimum Gasteiger partial charge on any atom is -0.339 e. The van der Waals surface area contributed by atoms with E-state index in [1.807, 2.05) is 34.5 Å². The zero-order valence-electron chi connectivity index (χ0n) is 19.6. The van der Waals surface area contributed by atoms with Crippen molar-refractivity contribution in [1.82, 2.24) is 24.8 Å². The average molecular weight is 468 g/mol. The number of hydrogen-bond acceptors (Lipinski definition) is 7. The lowest BCUT2D eigenvalue weighted by Crippen LogP contribution is -2.48. The smallest absolute Gasteiger partial charge is 0.253 e. The summed E-state index contributed by atoms with van der Waals surface area (Å²) < 4.78 is 5.39. The lowest BCUT2D eigenvalue weighted by molar-refractivity contribution is 0.0635. The third kappa shape index (κ3) is 6.28. The number of piperazine rings is 1. The molecule has 0 saturated carbocycles. The van der Waals surface area contributed by atoms with Gasteiger partial charge in [0.25, 0.3) is 5.91 Å². The van der Waals surface area contributed by atoms with Gasteiger partial charge in [0.05, 0.1) is 4.88 Å². The summed E-state index contributed by atoms with van der Waals surface area (Å²) in [5.41, 5.74) is 2.04. The number of thiophene rings is 1. The topological polar surface area (TPSA) is 65.7 Å². The number of carbonyl (C=O) groups excluding carboxylic acids is 1. The quantitative estimate of drug-likeness (QED) is 0.449. The third-order valence-electron chi connectivity index (χ3n) is 6.24. The van der Waals surface area contributed by atoms with Crippen LogP contribution in [-0.4, -0.2) is 76.6 Å². The summed E-state index contributed by atoms with van der Waals surface area (Å²) in [5.74, 6) is 1.50. The Kier molecular flexibility index (Phi) is 8.25. The van der Waals surface area contributed by atoms with Gasteiger partial charge in [-0.05, 0) is 55.2 Å². The molecular weight excluding hydrogens is 434 g/mol. The maximum Gasteiger partial charge on any atom is 0.253 e. The highest BCUT2D eigenvalue weighted by Crippen LogP contribution is 2.21. The highest BCUT2D eigenvalue weighted by molar-refractivity contribution is 7.13. The van der Waals surface area contributed by atoms with Gasteiger partial charge < -0.3 is 9.42 Å². The summed E-state index contributed by atoms with van der Waals surface area (Å²) in [4.78, 5) is 25.2. The van der Waals surface area contributed by atoms with Gasteiger partial charge in [0.1, 0.15) is 0 Å². The third-order valence-corrected chi connectivity index (χ3v) is 7.10. The molecule has 4 rings (SSSR count). The SMILES string of the molecule is CCN(CC)Cc1ccc(C(=O)N2CCN(CCCc3nc(-c4cccs4)no3)CC2)cc1. The van der Waals surface area contributed by atoms with Gasteiger partial charge in [-0.3, -0.25) is 14.6 Å². The van der Waals surface area contributed by atoms with Crippen LogP contribution in [-0.2, 0) is 13.0 Å². The Morgan fingerprint density at radius 3 is 2.52 bits per heavy atom. The Morgan fingerprint density at radius 2 is 1.85 bits per heavy atom. The minimum atomic E-state index is 0.135. The predicted molar refractivity (Wildman–Crippen MR) is 131 cm³/mol. The van der Waals surface area contributed by atoms with Crippen LogP contribution < -0.4 is 0 Å². The lowest BCUT2D eigenvalue weighted by Gasteiger charge is -2.34. The van der Waals surface area contributed by atoms with E-state index in [-0.39, 0.29) is 5.91 Å². The first-order chi connectivity index (χ1) is 16.2. The summed E-state index contributed by atoms with van der Waals surface area (Å²) in [6.45, 7) is 11.7. The van der Waals surface area contributed by atoms with Crippen molar-refractivity contribution in [2.75, 3.05) is 45.8 Å². The molecule has 0 aliphatic carbocycles. The number of aromatic nitrogens is 2. The van der Waals surface area contributed by atoms with Crippen molar-refractivity contribution in [1.29, 1.82) is 0 Å². The number of nitrogens with zero attached hydrogens (tertiary/aromatic N) is 5. The molecule has 2 aromatic heterocycles. The fourth-order valence-electron chi connectivity index (χ4n) is 4.13. The van der Waals surface area contributed by atoms with Crippen molar-refractivity contribution in [3.05, 3.63) is 58.8 Å². The first kappa shape index (κ1) is 23.6. The van der Waals surface area contributed by atoms with E-state index in [9.17, 15) is 4.79 Å². The van der Waals surface area contributed by atoms with E-state index in [0.717, 1.165) is 75.6 Å². The van der Waals surface area contributed by atoms with Crippen molar-refractivity contribution in [3.63, 3.8) is 0 Å². The van der Waals surface area contributed by atoms with Gasteiger partial charge in [0.15, 0.2) is 0 Å². The summed E-state index contributed by atoms with van der Waals surface area (Å²) in [6.07, 6.45) is 1.74. The largest absolute Gasteiger partial charge is 0.339 e. The molecule has 3 aromatic rings. The summed E-state index contributed by atoms with van der Waals surface area (Å²) >= 11 is 1.61. The van der Waals surface area contributed by atoms with Crippen molar-refractivity contribution < 1.29 is 9.32 Å². The first-order valence-electron chi connectivity index (χ1n) is 11.9. The Bertz CT molecular complexity index is 990. The van der Waals surface area contributed by atoms with E-state index < -0.39 is 0 Å². The maximum absolute atomic E-state index is 12.9. The second-order valence-corrected chi connectivity index (χ2v) is 9.33. The van der Waals surface area contributed by atoms with Gasteiger partial charge in [-0.2, -0.15) is 4.98 Å². The fourth-order valence-corrected chi connectivity index (χ4v) is 4.78. The predicted octanol–water partition coefficient (Wildman–Crippen LogP) is 4.03. The molecule has 176 valence electrons. The van der Waals surface area contributed by atoms with Crippen LogP contribution in [0.5, 0.6) is 0 Å². The molecule has 0 spiro atoms. The zero-order chi connectivity index (χ0) is 23.0. The van der Waals surface area contributed by atoms with E-state index in [1.54, 1.807) is 11.3 Å². The number of aryl methyl sites for hydroxylation is 1. The summed E-state index contributed by atoms with van der Waals surface area (Å²) in [7, 11) is 0. The molecule has 33 heavy (non-hydrogen) atoms. The van der Waals surface area contributed by atoms with Crippen molar-refractivity contribution in [2.24, 2.45) is 0 Å². The number of amides is 1. The normalized spacial score (nSPS) is 14.8. The van der Waals surface area contributed by atoms with Gasteiger partial charge in [0, 0.05) is 44.7 Å². The molecule has 1 fully saturated rings. The van der Waals surface area contributed by atoms with Gasteiger partial charge in [-0.25, -0.2) is 0 Å². The molecule has 8 heteroatoms. The monoisotopic (exact) mass is 467 g/mol. The second-order valence-electron chi connectivity index (χ2n) is 8.38. The van der Waals surface area contributed by atoms with E-state index in [1.165, 1.54) is 5.56 Å². The van der Waals surface area contributed by atoms with Crippen LogP contribution in [0.3, 0.4) is 0 Å². The Morgan fingerprint density at radius 1 is 1.09 bits per heavy atom. The fraction of sp³-hybridized carbons (Fsp3) is 0.480. The lowest BCUT2D eigenvalue weighted by atomic mass is 10.1. The van der Waals surface area contributed by atoms with Crippen LogP contribution in [0.1, 0.15) is 42.1 Å². The minimum absolute atomic E-state index is 0.135. The van der Waals surface area contributed by atoms with E-state index >= 15 is 0 Å². The van der Waals surface area contributed by atoms with Crippen molar-refractivity contribution in [2.45, 2.75) is 33.2 Å². The van der Waals surface area contributed by atoms with E-state index in [0.29, 0.717) is 11.7 Å². The number of hydrogen-bond donors (Lipinski definition) is 0. The molecular formula is C25H33N5O2S. The molecule has 0 radical (unpaired) electrons. The molecule has 1 aliphatic rings. The first-order valence-corrected chi connectivity index (χ1v) is 12.7. The molecule has 1 aromatic carbocycles. The van der Waals surface area contributed by atoms with Gasteiger partial charge in [-0.15, -0.1) is 11.3 Å². The van der Waals surface area contributed by atoms with E-state index in [4.69, 9.17) is 4.52 Å². The zero-order valence-corrected chi connectivity index (χ0v) is 20.4. The van der Waals surface area contributed by atoms with Gasteiger partial charge in [-0.1, -0.05) is 37.2 Å². The molecule has 1 saturated heterocycles.